The molecule has 0 aliphatic carbocycles. The van der Waals surface area contributed by atoms with Crippen molar-refractivity contribution >= 4 is 34.7 Å². The predicted molar refractivity (Wildman–Crippen MR) is 118 cm³/mol. The number of aromatic nitrogens is 1. The molecule has 0 radical (unpaired) electrons. The molecule has 1 amide bonds. The fourth-order valence-corrected chi connectivity index (χ4v) is 4.36. The fraction of sp³-hybridized carbons (Fsp3) is 0.227. The maximum absolute atomic E-state index is 12.5. The molecule has 6 nitrogen and oxygen atoms in total. The van der Waals surface area contributed by atoms with Crippen molar-refractivity contribution in [2.45, 2.75) is 27.7 Å². The number of amides is 1. The molecule has 0 bridgehead atoms. The van der Waals surface area contributed by atoms with Gasteiger partial charge in [-0.25, -0.2) is 0 Å². The molecule has 148 valence electrons. The van der Waals surface area contributed by atoms with Gasteiger partial charge in [0.1, 0.15) is 11.6 Å². The lowest BCUT2D eigenvalue weighted by Crippen LogP contribution is -2.35. The number of amidine groups is 2. The van der Waals surface area contributed by atoms with Gasteiger partial charge >= 0.3 is 0 Å². The molecule has 1 aromatic heterocycles. The Balaban J connectivity index is 1.71. The van der Waals surface area contributed by atoms with Gasteiger partial charge in [0.25, 0.3) is 5.91 Å². The first-order valence-electron chi connectivity index (χ1n) is 9.40. The summed E-state index contributed by atoms with van der Waals surface area (Å²) in [4.78, 5) is 19.4. The number of rotatable bonds is 4. The number of aliphatic imine (C=N–C) groups is 1. The lowest BCUT2D eigenvalue weighted by Gasteiger charge is -2.22. The van der Waals surface area contributed by atoms with E-state index >= 15 is 0 Å². The van der Waals surface area contributed by atoms with Crippen LogP contribution in [0.1, 0.15) is 30.8 Å². The van der Waals surface area contributed by atoms with Crippen molar-refractivity contribution in [3.05, 3.63) is 64.0 Å². The Bertz CT molecular complexity index is 1110. The number of fused-ring (bicyclic) bond motifs is 1. The van der Waals surface area contributed by atoms with Gasteiger partial charge < -0.3 is 9.30 Å². The van der Waals surface area contributed by atoms with Crippen LogP contribution >= 0.6 is 11.8 Å². The summed E-state index contributed by atoms with van der Waals surface area (Å²) in [5.74, 6) is 0.626. The topological polar surface area (TPSA) is 70.7 Å². The maximum atomic E-state index is 12.5. The molecule has 2 aliphatic rings. The number of hydrogen-bond acceptors (Lipinski definition) is 4. The monoisotopic (exact) mass is 406 g/mol. The second kappa shape index (κ2) is 7.40. The lowest BCUT2D eigenvalue weighted by atomic mass is 10.1. The summed E-state index contributed by atoms with van der Waals surface area (Å²) >= 11 is 1.41. The minimum absolute atomic E-state index is 0.162. The van der Waals surface area contributed by atoms with Crippen LogP contribution in [0.25, 0.3) is 11.8 Å². The molecule has 0 saturated heterocycles. The van der Waals surface area contributed by atoms with Gasteiger partial charge in [0.05, 0.1) is 12.2 Å². The van der Waals surface area contributed by atoms with Gasteiger partial charge in [-0.05, 0) is 69.7 Å². The summed E-state index contributed by atoms with van der Waals surface area (Å²) in [5, 5.41) is 9.03. The molecular weight excluding hydrogens is 384 g/mol. The normalized spacial score (nSPS) is 17.5. The molecular formula is C22H22N4O2S. The Labute approximate surface area is 174 Å². The van der Waals surface area contributed by atoms with E-state index in [1.807, 2.05) is 64.2 Å². The third-order valence-corrected chi connectivity index (χ3v) is 5.77. The van der Waals surface area contributed by atoms with Crippen LogP contribution < -0.4 is 4.74 Å². The molecule has 1 aromatic carbocycles. The van der Waals surface area contributed by atoms with E-state index < -0.39 is 0 Å². The number of nitrogens with one attached hydrogen (secondary N) is 1. The van der Waals surface area contributed by atoms with Crippen LogP contribution in [-0.2, 0) is 4.79 Å². The lowest BCUT2D eigenvalue weighted by molar-refractivity contribution is -0.114. The first kappa shape index (κ1) is 19.3. The summed E-state index contributed by atoms with van der Waals surface area (Å²) in [5.41, 5.74) is 4.26. The van der Waals surface area contributed by atoms with E-state index in [1.165, 1.54) is 11.8 Å². The highest BCUT2D eigenvalue weighted by Gasteiger charge is 2.33. The van der Waals surface area contributed by atoms with E-state index in [-0.39, 0.29) is 11.7 Å². The minimum Gasteiger partial charge on any atom is -0.494 e. The molecule has 0 spiro atoms. The third kappa shape index (κ3) is 3.42. The van der Waals surface area contributed by atoms with Crippen molar-refractivity contribution in [2.24, 2.45) is 4.99 Å². The minimum atomic E-state index is -0.372. The van der Waals surface area contributed by atoms with Crippen LogP contribution in [0.3, 0.4) is 0 Å². The standard InChI is InChI=1S/C22H22N4O2S/c1-5-28-18-8-6-17(7-9-18)26-13(2)10-16(15(26)4)11-19-20(23)25-12-14(3)29-22(25)24-21(19)27/h6-12,23H,5H2,1-4H3/b19-11-,23-20?. The van der Waals surface area contributed by atoms with Gasteiger partial charge in [0, 0.05) is 28.2 Å². The number of nitrogens with zero attached hydrogens (tertiary/aromatic N) is 3. The van der Waals surface area contributed by atoms with Gasteiger partial charge in [0.2, 0.25) is 0 Å². The van der Waals surface area contributed by atoms with Crippen LogP contribution in [0.4, 0.5) is 0 Å². The van der Waals surface area contributed by atoms with Gasteiger partial charge in [-0.3, -0.25) is 15.1 Å². The highest BCUT2D eigenvalue weighted by molar-refractivity contribution is 8.17. The van der Waals surface area contributed by atoms with E-state index in [1.54, 1.807) is 11.0 Å². The second-order valence-corrected chi connectivity index (χ2v) is 8.12. The molecule has 4 rings (SSSR count). The molecule has 7 heteroatoms. The van der Waals surface area contributed by atoms with Crippen LogP contribution in [0, 0.1) is 19.3 Å². The third-order valence-electron chi connectivity index (χ3n) is 4.87. The zero-order chi connectivity index (χ0) is 20.7. The van der Waals surface area contributed by atoms with Crippen LogP contribution in [-0.4, -0.2) is 33.0 Å². The van der Waals surface area contributed by atoms with Crippen molar-refractivity contribution < 1.29 is 9.53 Å². The number of aryl methyl sites for hydroxylation is 1. The number of ether oxygens (including phenoxy) is 1. The fourth-order valence-electron chi connectivity index (χ4n) is 3.55. The molecule has 2 aromatic rings. The highest BCUT2D eigenvalue weighted by atomic mass is 32.2. The average Bonchev–Trinajstić information content (AvgIpc) is 3.18. The zero-order valence-corrected chi connectivity index (χ0v) is 17.6. The summed E-state index contributed by atoms with van der Waals surface area (Å²) in [6.45, 7) is 8.57. The Kier molecular flexibility index (Phi) is 4.92. The Morgan fingerprint density at radius 3 is 2.62 bits per heavy atom. The van der Waals surface area contributed by atoms with Crippen molar-refractivity contribution in [3.8, 4) is 11.4 Å². The Hall–Kier alpha value is -3.06. The summed E-state index contributed by atoms with van der Waals surface area (Å²) in [6.07, 6.45) is 3.61. The van der Waals surface area contributed by atoms with Gasteiger partial charge in [-0.1, -0.05) is 11.8 Å². The second-order valence-electron chi connectivity index (χ2n) is 6.91. The molecule has 0 saturated carbocycles. The molecule has 29 heavy (non-hydrogen) atoms. The largest absolute Gasteiger partial charge is 0.494 e. The smallest absolute Gasteiger partial charge is 0.283 e. The van der Waals surface area contributed by atoms with Gasteiger partial charge in [-0.2, -0.15) is 4.99 Å². The number of thioether (sulfide) groups is 1. The number of hydrogen-bond donors (Lipinski definition) is 1. The van der Waals surface area contributed by atoms with E-state index in [4.69, 9.17) is 10.1 Å². The molecule has 3 heterocycles. The predicted octanol–water partition coefficient (Wildman–Crippen LogP) is 4.66. The summed E-state index contributed by atoms with van der Waals surface area (Å²) in [6, 6.07) is 9.96. The van der Waals surface area contributed by atoms with E-state index in [0.717, 1.165) is 33.3 Å². The quantitative estimate of drug-likeness (QED) is 0.750. The number of carbonyl (C=O) groups is 1. The first-order chi connectivity index (χ1) is 13.9. The summed E-state index contributed by atoms with van der Waals surface area (Å²) in [7, 11) is 0. The molecule has 0 unspecified atom stereocenters. The number of allylic oxidation sites excluding steroid dienone is 1. The zero-order valence-electron chi connectivity index (χ0n) is 16.8. The molecule has 0 atom stereocenters. The van der Waals surface area contributed by atoms with Crippen LogP contribution in [0.15, 0.2) is 52.0 Å². The average molecular weight is 407 g/mol. The molecule has 1 N–H and O–H groups in total. The SMILES string of the molecule is CCOc1ccc(-n2c(C)cc(/C=C3/C(=N)N4C=C(C)SC4=NC3=O)c2C)cc1. The number of carbonyl (C=O) groups excluding carboxylic acids is 1. The van der Waals surface area contributed by atoms with Crippen molar-refractivity contribution in [1.82, 2.24) is 9.47 Å². The van der Waals surface area contributed by atoms with Gasteiger partial charge in [-0.15, -0.1) is 0 Å². The van der Waals surface area contributed by atoms with Crippen LogP contribution in [0.5, 0.6) is 5.75 Å². The van der Waals surface area contributed by atoms with Crippen molar-refractivity contribution in [1.29, 1.82) is 5.41 Å². The van der Waals surface area contributed by atoms with Crippen molar-refractivity contribution in [2.75, 3.05) is 6.61 Å². The molecule has 0 fully saturated rings. The first-order valence-corrected chi connectivity index (χ1v) is 10.2. The Morgan fingerprint density at radius 2 is 1.93 bits per heavy atom. The Morgan fingerprint density at radius 1 is 1.21 bits per heavy atom. The van der Waals surface area contributed by atoms with Crippen molar-refractivity contribution in [3.63, 3.8) is 0 Å². The van der Waals surface area contributed by atoms with E-state index in [9.17, 15) is 4.79 Å². The van der Waals surface area contributed by atoms with E-state index in [2.05, 4.69) is 9.56 Å². The van der Waals surface area contributed by atoms with E-state index in [0.29, 0.717) is 17.3 Å². The highest BCUT2D eigenvalue weighted by Crippen LogP contribution is 2.33. The number of benzene rings is 1. The molecule has 2 aliphatic heterocycles. The summed E-state index contributed by atoms with van der Waals surface area (Å²) < 4.78 is 7.65. The van der Waals surface area contributed by atoms with Gasteiger partial charge in [0.15, 0.2) is 5.17 Å². The van der Waals surface area contributed by atoms with Crippen LogP contribution in [0.2, 0.25) is 0 Å². The maximum Gasteiger partial charge on any atom is 0.283 e.